The van der Waals surface area contributed by atoms with E-state index in [0.29, 0.717) is 12.3 Å². The number of amides is 1. The largest absolute Gasteiger partial charge is 0.326 e. The number of piperidine rings is 1. The molecule has 1 amide bonds. The van der Waals surface area contributed by atoms with Gasteiger partial charge in [-0.2, -0.15) is 0 Å². The highest BCUT2D eigenvalue weighted by molar-refractivity contribution is 14.1. The summed E-state index contributed by atoms with van der Waals surface area (Å²) in [4.78, 5) is 12.0. The molecule has 0 aromatic heterocycles. The van der Waals surface area contributed by atoms with Crippen molar-refractivity contribution in [3.8, 4) is 0 Å². The van der Waals surface area contributed by atoms with Crippen molar-refractivity contribution in [3.63, 3.8) is 0 Å². The van der Waals surface area contributed by atoms with Crippen molar-refractivity contribution < 1.29 is 4.79 Å². The molecule has 3 nitrogen and oxygen atoms in total. The van der Waals surface area contributed by atoms with E-state index in [0.717, 1.165) is 30.8 Å². The van der Waals surface area contributed by atoms with Crippen LogP contribution < -0.4 is 10.6 Å². The summed E-state index contributed by atoms with van der Waals surface area (Å²) in [7, 11) is 0. The minimum atomic E-state index is 0.133. The van der Waals surface area contributed by atoms with Crippen LogP contribution in [0.4, 0.5) is 5.69 Å². The summed E-state index contributed by atoms with van der Waals surface area (Å²) >= 11 is 2.29. The quantitative estimate of drug-likeness (QED) is 0.816. The van der Waals surface area contributed by atoms with E-state index in [1.807, 2.05) is 19.1 Å². The molecule has 1 saturated heterocycles. The Bertz CT molecular complexity index is 428. The van der Waals surface area contributed by atoms with Gasteiger partial charge >= 0.3 is 0 Å². The second-order valence-corrected chi connectivity index (χ2v) is 6.04. The van der Waals surface area contributed by atoms with Gasteiger partial charge in [-0.25, -0.2) is 0 Å². The maximum absolute atomic E-state index is 12.0. The molecule has 0 bridgehead atoms. The zero-order valence-corrected chi connectivity index (χ0v) is 12.8. The molecule has 0 spiro atoms. The fourth-order valence-corrected chi connectivity index (χ4v) is 2.80. The monoisotopic (exact) mass is 358 g/mol. The van der Waals surface area contributed by atoms with Crippen LogP contribution in [-0.4, -0.2) is 19.0 Å². The Hall–Kier alpha value is -0.620. The summed E-state index contributed by atoms with van der Waals surface area (Å²) < 4.78 is 1.18. The number of hydrogen-bond acceptors (Lipinski definition) is 2. The van der Waals surface area contributed by atoms with Gasteiger partial charge in [0, 0.05) is 15.7 Å². The van der Waals surface area contributed by atoms with Crippen LogP contribution in [0.25, 0.3) is 0 Å². The van der Waals surface area contributed by atoms with Gasteiger partial charge in [0.25, 0.3) is 0 Å². The fraction of sp³-hybridized carbons (Fsp3) is 0.500. The van der Waals surface area contributed by atoms with Gasteiger partial charge in [-0.15, -0.1) is 0 Å². The maximum atomic E-state index is 12.0. The number of anilines is 1. The number of nitrogens with one attached hydrogen (secondary N) is 2. The van der Waals surface area contributed by atoms with Gasteiger partial charge in [-0.1, -0.05) is 6.07 Å². The van der Waals surface area contributed by atoms with Crippen LogP contribution in [0.5, 0.6) is 0 Å². The van der Waals surface area contributed by atoms with Crippen molar-refractivity contribution in [2.24, 2.45) is 5.92 Å². The lowest BCUT2D eigenvalue weighted by Crippen LogP contribution is -2.32. The topological polar surface area (TPSA) is 41.1 Å². The predicted octanol–water partition coefficient (Wildman–Crippen LogP) is 2.93. The summed E-state index contributed by atoms with van der Waals surface area (Å²) in [5.41, 5.74) is 2.09. The van der Waals surface area contributed by atoms with E-state index < -0.39 is 0 Å². The van der Waals surface area contributed by atoms with Crippen LogP contribution in [0, 0.1) is 16.4 Å². The third kappa shape index (κ3) is 3.68. The highest BCUT2D eigenvalue weighted by Crippen LogP contribution is 2.21. The van der Waals surface area contributed by atoms with Gasteiger partial charge in [-0.3, -0.25) is 4.79 Å². The summed E-state index contributed by atoms with van der Waals surface area (Å²) in [5, 5.41) is 6.37. The molecule has 1 aliphatic rings. The van der Waals surface area contributed by atoms with Crippen LogP contribution in [-0.2, 0) is 4.79 Å². The first-order valence-electron chi connectivity index (χ1n) is 6.42. The lowest BCUT2D eigenvalue weighted by molar-refractivity contribution is -0.117. The van der Waals surface area contributed by atoms with E-state index in [-0.39, 0.29) is 5.91 Å². The number of carbonyl (C=O) groups excluding carboxylic acids is 1. The molecular weight excluding hydrogens is 339 g/mol. The predicted molar refractivity (Wildman–Crippen MR) is 82.7 cm³/mol. The first kappa shape index (κ1) is 13.8. The molecule has 18 heavy (non-hydrogen) atoms. The van der Waals surface area contributed by atoms with Crippen LogP contribution in [0.2, 0.25) is 0 Å². The van der Waals surface area contributed by atoms with Gasteiger partial charge in [0.05, 0.1) is 0 Å². The first-order valence-corrected chi connectivity index (χ1v) is 7.50. The lowest BCUT2D eigenvalue weighted by Gasteiger charge is -2.22. The Balaban J connectivity index is 1.92. The molecule has 4 heteroatoms. The summed E-state index contributed by atoms with van der Waals surface area (Å²) in [6.45, 7) is 4.10. The highest BCUT2D eigenvalue weighted by Gasteiger charge is 2.17. The van der Waals surface area contributed by atoms with Gasteiger partial charge < -0.3 is 10.6 Å². The molecule has 0 saturated carbocycles. The van der Waals surface area contributed by atoms with Crippen molar-refractivity contribution in [1.29, 1.82) is 0 Å². The van der Waals surface area contributed by atoms with Crippen molar-refractivity contribution in [3.05, 3.63) is 27.3 Å². The normalized spacial score (nSPS) is 19.6. The van der Waals surface area contributed by atoms with Gasteiger partial charge in [-0.05, 0) is 79.1 Å². The van der Waals surface area contributed by atoms with Crippen LogP contribution in [0.15, 0.2) is 18.2 Å². The van der Waals surface area contributed by atoms with Gasteiger partial charge in [0.15, 0.2) is 0 Å². The molecule has 1 heterocycles. The standard InChI is InChI=1S/C14H19IN2O/c1-10-12(15)5-2-6-13(10)17-14(18)8-11-4-3-7-16-9-11/h2,5-6,11,16H,3-4,7-9H2,1H3,(H,17,18). The van der Waals surface area contributed by atoms with Gasteiger partial charge in [0.2, 0.25) is 5.91 Å². The van der Waals surface area contributed by atoms with Crippen LogP contribution in [0.3, 0.4) is 0 Å². The zero-order valence-electron chi connectivity index (χ0n) is 10.6. The molecule has 1 aromatic carbocycles. The van der Waals surface area contributed by atoms with E-state index in [9.17, 15) is 4.79 Å². The molecule has 1 unspecified atom stereocenters. The van der Waals surface area contributed by atoms with Crippen LogP contribution >= 0.6 is 22.6 Å². The smallest absolute Gasteiger partial charge is 0.224 e. The molecule has 2 rings (SSSR count). The lowest BCUT2D eigenvalue weighted by atomic mass is 9.96. The first-order chi connectivity index (χ1) is 8.66. The van der Waals surface area contributed by atoms with Crippen LogP contribution in [0.1, 0.15) is 24.8 Å². The van der Waals surface area contributed by atoms with E-state index in [1.165, 1.54) is 9.99 Å². The Morgan fingerprint density at radius 1 is 1.56 bits per heavy atom. The van der Waals surface area contributed by atoms with E-state index in [2.05, 4.69) is 39.3 Å². The number of hydrogen-bond donors (Lipinski definition) is 2. The van der Waals surface area contributed by atoms with E-state index in [4.69, 9.17) is 0 Å². The average molecular weight is 358 g/mol. The zero-order chi connectivity index (χ0) is 13.0. The number of benzene rings is 1. The van der Waals surface area contributed by atoms with Crippen molar-refractivity contribution in [1.82, 2.24) is 5.32 Å². The Kier molecular flexibility index (Phi) is 5.00. The molecule has 0 aliphatic carbocycles. The summed E-state index contributed by atoms with van der Waals surface area (Å²) in [5.74, 6) is 0.621. The summed E-state index contributed by atoms with van der Waals surface area (Å²) in [6, 6.07) is 6.00. The van der Waals surface area contributed by atoms with Crippen molar-refractivity contribution in [2.45, 2.75) is 26.2 Å². The van der Waals surface area contributed by atoms with E-state index in [1.54, 1.807) is 0 Å². The Morgan fingerprint density at radius 3 is 3.11 bits per heavy atom. The number of rotatable bonds is 3. The fourth-order valence-electron chi connectivity index (χ4n) is 2.30. The minimum Gasteiger partial charge on any atom is -0.326 e. The minimum absolute atomic E-state index is 0.133. The second kappa shape index (κ2) is 6.52. The van der Waals surface area contributed by atoms with Crippen molar-refractivity contribution in [2.75, 3.05) is 18.4 Å². The second-order valence-electron chi connectivity index (χ2n) is 4.88. The number of halogens is 1. The third-order valence-electron chi connectivity index (χ3n) is 3.41. The molecule has 2 N–H and O–H groups in total. The maximum Gasteiger partial charge on any atom is 0.224 e. The summed E-state index contributed by atoms with van der Waals surface area (Å²) in [6.07, 6.45) is 2.96. The van der Waals surface area contributed by atoms with Gasteiger partial charge in [0.1, 0.15) is 0 Å². The molecule has 0 radical (unpaired) electrons. The van der Waals surface area contributed by atoms with Crippen molar-refractivity contribution >= 4 is 34.2 Å². The highest BCUT2D eigenvalue weighted by atomic mass is 127. The average Bonchev–Trinajstić information content (AvgIpc) is 2.36. The molecule has 1 fully saturated rings. The SMILES string of the molecule is Cc1c(I)cccc1NC(=O)CC1CCCNC1. The molecular formula is C14H19IN2O. The van der Waals surface area contributed by atoms with E-state index >= 15 is 0 Å². The number of carbonyl (C=O) groups is 1. The molecule has 1 aromatic rings. The third-order valence-corrected chi connectivity index (χ3v) is 4.58. The Labute approximate surface area is 122 Å². The Morgan fingerprint density at radius 2 is 2.39 bits per heavy atom. The molecule has 1 aliphatic heterocycles. The molecule has 1 atom stereocenters. The molecule has 98 valence electrons.